The Balaban J connectivity index is 1.60. The van der Waals surface area contributed by atoms with Crippen LogP contribution in [0, 0.1) is 17.8 Å². The molecule has 0 unspecified atom stereocenters. The molecule has 10 nitrogen and oxygen atoms in total. The number of aliphatic hydroxyl groups excluding tert-OH is 1. The summed E-state index contributed by atoms with van der Waals surface area (Å²) in [6.45, 7) is 4.40. The molecule has 0 aliphatic carbocycles. The number of anilines is 1. The number of hydrogen-bond acceptors (Lipinski definition) is 8. The van der Waals surface area contributed by atoms with Crippen molar-refractivity contribution in [2.75, 3.05) is 44.9 Å². The van der Waals surface area contributed by atoms with E-state index < -0.39 is 34.6 Å². The molecule has 1 aliphatic heterocycles. The van der Waals surface area contributed by atoms with E-state index in [9.17, 15) is 31.5 Å². The zero-order valence-electron chi connectivity index (χ0n) is 24.9. The fourth-order valence-corrected chi connectivity index (χ4v) is 5.95. The smallest absolute Gasteiger partial charge is 0.406 e. The van der Waals surface area contributed by atoms with E-state index in [0.717, 1.165) is 17.2 Å². The van der Waals surface area contributed by atoms with Gasteiger partial charge in [-0.2, -0.15) is 13.2 Å². The number of carbonyl (C=O) groups excluding carboxylic acids is 1. The van der Waals surface area contributed by atoms with Gasteiger partial charge in [-0.05, 0) is 49.6 Å². The second-order valence-electron chi connectivity index (χ2n) is 11.1. The molecule has 3 aromatic rings. The van der Waals surface area contributed by atoms with Crippen LogP contribution in [0.3, 0.4) is 0 Å². The van der Waals surface area contributed by atoms with Gasteiger partial charge < -0.3 is 29.9 Å². The largest absolute Gasteiger partial charge is 0.495 e. The lowest BCUT2D eigenvalue weighted by Crippen LogP contribution is -2.51. The fraction of sp³-hybridized carbons (Fsp3) is 0.467. The van der Waals surface area contributed by atoms with E-state index >= 15 is 0 Å². The van der Waals surface area contributed by atoms with E-state index in [1.165, 1.54) is 37.4 Å². The lowest BCUT2D eigenvalue weighted by atomic mass is 9.93. The highest BCUT2D eigenvalue weighted by Gasteiger charge is 2.31. The van der Waals surface area contributed by atoms with Crippen LogP contribution in [0.25, 0.3) is 11.0 Å². The summed E-state index contributed by atoms with van der Waals surface area (Å²) in [6.07, 6.45) is -2.16. The maximum atomic E-state index is 13.5. The zero-order valence-corrected chi connectivity index (χ0v) is 25.7. The molecule has 14 heteroatoms. The molecule has 44 heavy (non-hydrogen) atoms. The van der Waals surface area contributed by atoms with E-state index in [1.807, 2.05) is 6.92 Å². The van der Waals surface area contributed by atoms with Crippen LogP contribution in [0.1, 0.15) is 36.2 Å². The summed E-state index contributed by atoms with van der Waals surface area (Å²) in [5, 5.41) is 15.8. The third-order valence-corrected chi connectivity index (χ3v) is 8.46. The van der Waals surface area contributed by atoms with Crippen LogP contribution in [-0.4, -0.2) is 91.7 Å². The first-order valence-corrected chi connectivity index (χ1v) is 15.9. The Kier molecular flexibility index (Phi) is 10.1. The maximum Gasteiger partial charge on any atom is 0.406 e. The molecule has 0 bridgehead atoms. The average molecular weight is 636 g/mol. The van der Waals surface area contributed by atoms with E-state index in [0.29, 0.717) is 43.1 Å². The van der Waals surface area contributed by atoms with Crippen molar-refractivity contribution < 1.29 is 36.2 Å². The third-order valence-electron chi connectivity index (χ3n) is 7.35. The summed E-state index contributed by atoms with van der Waals surface area (Å²) >= 11 is 0. The van der Waals surface area contributed by atoms with E-state index in [4.69, 9.17) is 4.74 Å². The lowest BCUT2D eigenvalue weighted by Gasteiger charge is -2.37. The van der Waals surface area contributed by atoms with Gasteiger partial charge in [0.05, 0.1) is 47.7 Å². The van der Waals surface area contributed by atoms with Crippen molar-refractivity contribution in [3.63, 3.8) is 0 Å². The number of likely N-dealkylation sites (tertiary alicyclic amines) is 1. The zero-order chi connectivity index (χ0) is 32.2. The van der Waals surface area contributed by atoms with Crippen LogP contribution >= 0.6 is 0 Å². The Morgan fingerprint density at radius 1 is 1.27 bits per heavy atom. The van der Waals surface area contributed by atoms with Gasteiger partial charge in [-0.3, -0.25) is 4.79 Å². The SMILES string of the molecule is COc1ccc(S(C)(=O)=O)cc1NCC#Cc1cc(C(=O)N[C@H]2CCN(C[C@@H](C)O)C[C@@H]2C)c2ncn(CC(F)(F)F)c2c1. The van der Waals surface area contributed by atoms with Crippen molar-refractivity contribution in [1.29, 1.82) is 0 Å². The number of methoxy groups -OCH3 is 1. The van der Waals surface area contributed by atoms with Crippen LogP contribution < -0.4 is 15.4 Å². The highest BCUT2D eigenvalue weighted by molar-refractivity contribution is 7.90. The number of fused-ring (bicyclic) bond motifs is 1. The Morgan fingerprint density at radius 3 is 2.66 bits per heavy atom. The molecule has 2 heterocycles. The van der Waals surface area contributed by atoms with Gasteiger partial charge in [0.15, 0.2) is 9.84 Å². The molecular weight excluding hydrogens is 599 g/mol. The van der Waals surface area contributed by atoms with Crippen molar-refractivity contribution in [2.45, 2.75) is 50.0 Å². The Morgan fingerprint density at radius 2 is 2.02 bits per heavy atom. The number of rotatable bonds is 9. The molecule has 3 N–H and O–H groups in total. The van der Waals surface area contributed by atoms with Crippen molar-refractivity contribution >= 4 is 32.5 Å². The van der Waals surface area contributed by atoms with Crippen molar-refractivity contribution in [3.8, 4) is 17.6 Å². The molecule has 1 amide bonds. The monoisotopic (exact) mass is 635 g/mol. The fourth-order valence-electron chi connectivity index (χ4n) is 5.30. The van der Waals surface area contributed by atoms with Gasteiger partial charge in [0.2, 0.25) is 0 Å². The first-order valence-electron chi connectivity index (χ1n) is 14.0. The number of alkyl halides is 3. The molecule has 4 rings (SSSR count). The van der Waals surface area contributed by atoms with Gasteiger partial charge in [0.25, 0.3) is 5.91 Å². The summed E-state index contributed by atoms with van der Waals surface area (Å²) < 4.78 is 70.1. The number of aromatic nitrogens is 2. The minimum absolute atomic E-state index is 0.0491. The van der Waals surface area contributed by atoms with Crippen LogP contribution in [-0.2, 0) is 16.4 Å². The highest BCUT2D eigenvalue weighted by Crippen LogP contribution is 2.28. The van der Waals surface area contributed by atoms with Gasteiger partial charge >= 0.3 is 6.18 Å². The number of sulfone groups is 1. The quantitative estimate of drug-likeness (QED) is 0.306. The predicted molar refractivity (Wildman–Crippen MR) is 160 cm³/mol. The molecule has 1 fully saturated rings. The second-order valence-corrected chi connectivity index (χ2v) is 13.1. The standard InChI is InChI=1S/C30H36F3N5O5S/c1-19-15-37(16-20(2)39)11-9-24(19)36-29(40)23-12-21(13-26-28(23)35-18-38(26)17-30(31,32)33)6-5-10-34-25-14-22(44(4,41)42)7-8-27(25)43-3/h7-8,12-14,18-20,24,34,39H,9-11,15-17H2,1-4H3,(H,36,40)/t19-,20+,24-/m0/s1. The number of hydrogen-bond donors (Lipinski definition) is 3. The number of nitrogens with one attached hydrogen (secondary N) is 2. The summed E-state index contributed by atoms with van der Waals surface area (Å²) in [4.78, 5) is 19.9. The number of β-amino-alcohol motifs (C(OH)–C–C–N with tert-alkyl or cyclic N) is 1. The number of amides is 1. The topological polar surface area (TPSA) is 126 Å². The minimum Gasteiger partial charge on any atom is -0.495 e. The first-order chi connectivity index (χ1) is 20.6. The molecule has 1 aromatic heterocycles. The van der Waals surface area contributed by atoms with E-state index in [1.54, 1.807) is 6.92 Å². The van der Waals surface area contributed by atoms with Crippen molar-refractivity contribution in [2.24, 2.45) is 5.92 Å². The molecule has 238 valence electrons. The van der Waals surface area contributed by atoms with Gasteiger partial charge in [0.1, 0.15) is 17.8 Å². The van der Waals surface area contributed by atoms with Crippen LogP contribution in [0.2, 0.25) is 0 Å². The lowest BCUT2D eigenvalue weighted by molar-refractivity contribution is -0.139. The Bertz CT molecular complexity index is 1680. The molecular formula is C30H36F3N5O5S. The molecule has 1 aliphatic rings. The number of piperidine rings is 1. The van der Waals surface area contributed by atoms with Crippen LogP contribution in [0.5, 0.6) is 5.75 Å². The highest BCUT2D eigenvalue weighted by atomic mass is 32.2. The number of carbonyl (C=O) groups is 1. The second kappa shape index (κ2) is 13.5. The minimum atomic E-state index is -4.50. The van der Waals surface area contributed by atoms with E-state index in [-0.39, 0.29) is 40.0 Å². The number of nitrogens with zero attached hydrogens (tertiary/aromatic N) is 3. The van der Waals surface area contributed by atoms with Gasteiger partial charge in [0, 0.05) is 37.5 Å². The summed E-state index contributed by atoms with van der Waals surface area (Å²) in [7, 11) is -2.02. The third kappa shape index (κ3) is 8.43. The first kappa shape index (κ1) is 33.1. The van der Waals surface area contributed by atoms with Gasteiger partial charge in [-0.15, -0.1) is 0 Å². The Hall–Kier alpha value is -3.80. The number of benzene rings is 2. The van der Waals surface area contributed by atoms with E-state index in [2.05, 4.69) is 32.4 Å². The molecule has 0 spiro atoms. The van der Waals surface area contributed by atoms with Gasteiger partial charge in [-0.1, -0.05) is 18.8 Å². The Labute approximate surface area is 254 Å². The molecule has 2 aromatic carbocycles. The van der Waals surface area contributed by atoms with Gasteiger partial charge in [-0.25, -0.2) is 13.4 Å². The summed E-state index contributed by atoms with van der Waals surface area (Å²) in [5.41, 5.74) is 1.08. The molecule has 1 saturated heterocycles. The van der Waals surface area contributed by atoms with Crippen molar-refractivity contribution in [3.05, 3.63) is 47.8 Å². The molecule has 3 atom stereocenters. The number of halogens is 3. The van der Waals surface area contributed by atoms with Crippen LogP contribution in [0.15, 0.2) is 41.6 Å². The van der Waals surface area contributed by atoms with Crippen LogP contribution in [0.4, 0.5) is 18.9 Å². The summed E-state index contributed by atoms with van der Waals surface area (Å²) in [5.74, 6) is 5.80. The van der Waals surface area contributed by atoms with Crippen molar-refractivity contribution in [1.82, 2.24) is 19.8 Å². The normalized spacial score (nSPS) is 18.4. The molecule has 0 radical (unpaired) electrons. The summed E-state index contributed by atoms with van der Waals surface area (Å²) in [6, 6.07) is 7.17. The maximum absolute atomic E-state index is 13.5. The molecule has 0 saturated carbocycles. The average Bonchev–Trinajstić information content (AvgIpc) is 3.32. The number of imidazole rings is 1. The predicted octanol–water partition coefficient (Wildman–Crippen LogP) is 3.30. The number of aliphatic hydroxyl groups is 1. The number of ether oxygens (including phenoxy) is 1.